The van der Waals surface area contributed by atoms with Crippen molar-refractivity contribution in [3.8, 4) is 17.1 Å². The molecule has 0 radical (unpaired) electrons. The largest absolute Gasteiger partial charge is 0.398 e. The van der Waals surface area contributed by atoms with Gasteiger partial charge in [0.05, 0.1) is 4.47 Å². The van der Waals surface area contributed by atoms with Gasteiger partial charge in [0, 0.05) is 11.3 Å². The lowest BCUT2D eigenvalue weighted by Crippen LogP contribution is -2.05. The van der Waals surface area contributed by atoms with E-state index in [1.165, 1.54) is 10.7 Å². The Morgan fingerprint density at radius 3 is 2.71 bits per heavy atom. The molecule has 7 heteroatoms. The second-order valence-corrected chi connectivity index (χ2v) is 5.32. The molecular weight excluding hydrogens is 337 g/mol. The summed E-state index contributed by atoms with van der Waals surface area (Å²) in [5, 5.41) is 11.6. The lowest BCUT2D eigenvalue weighted by atomic mass is 10.1. The van der Waals surface area contributed by atoms with Crippen molar-refractivity contribution in [3.05, 3.63) is 52.3 Å². The third-order valence-corrected chi connectivity index (χ3v) is 4.02. The third kappa shape index (κ3) is 2.29. The molecule has 3 rings (SSSR count). The summed E-state index contributed by atoms with van der Waals surface area (Å²) in [6.45, 7) is 1.80. The van der Waals surface area contributed by atoms with E-state index >= 15 is 0 Å². The summed E-state index contributed by atoms with van der Waals surface area (Å²) in [6, 6.07) is 10.2. The number of para-hydroxylation sites is 1. The first-order valence-corrected chi connectivity index (χ1v) is 6.97. The molecular formula is C14H11BrFN5. The van der Waals surface area contributed by atoms with Crippen LogP contribution < -0.4 is 5.73 Å². The van der Waals surface area contributed by atoms with E-state index in [0.717, 1.165) is 5.56 Å². The van der Waals surface area contributed by atoms with E-state index in [9.17, 15) is 4.39 Å². The number of aromatic nitrogens is 4. The zero-order valence-electron chi connectivity index (χ0n) is 11.1. The molecule has 2 N–H and O–H groups in total. The van der Waals surface area contributed by atoms with Crippen LogP contribution in [0.2, 0.25) is 0 Å². The number of anilines is 1. The quantitative estimate of drug-likeness (QED) is 0.723. The Morgan fingerprint density at radius 1 is 1.19 bits per heavy atom. The molecule has 0 saturated carbocycles. The van der Waals surface area contributed by atoms with Gasteiger partial charge in [-0.25, -0.2) is 4.39 Å². The number of tetrazole rings is 1. The predicted octanol–water partition coefficient (Wildman–Crippen LogP) is 3.12. The zero-order valence-corrected chi connectivity index (χ0v) is 12.7. The summed E-state index contributed by atoms with van der Waals surface area (Å²) in [4.78, 5) is 0. The van der Waals surface area contributed by atoms with Crippen LogP contribution in [0.5, 0.6) is 0 Å². The molecule has 5 nitrogen and oxygen atoms in total. The van der Waals surface area contributed by atoms with Crippen LogP contribution in [0.15, 0.2) is 40.9 Å². The number of nitrogens with two attached hydrogens (primary N) is 1. The SMILES string of the molecule is Cc1cccc(F)c1-n1nnnc1-c1cccc(N)c1Br. The normalized spacial score (nSPS) is 10.8. The van der Waals surface area contributed by atoms with Gasteiger partial charge in [-0.15, -0.1) is 5.10 Å². The van der Waals surface area contributed by atoms with Gasteiger partial charge in [-0.1, -0.05) is 18.2 Å². The first kappa shape index (κ1) is 13.7. The molecule has 0 bridgehead atoms. The van der Waals surface area contributed by atoms with Gasteiger partial charge in [-0.2, -0.15) is 4.68 Å². The minimum absolute atomic E-state index is 0.326. The van der Waals surface area contributed by atoms with Crippen molar-refractivity contribution in [2.24, 2.45) is 0 Å². The van der Waals surface area contributed by atoms with E-state index < -0.39 is 0 Å². The summed E-state index contributed by atoms with van der Waals surface area (Å²) in [5.41, 5.74) is 8.20. The van der Waals surface area contributed by atoms with Crippen LogP contribution >= 0.6 is 15.9 Å². The van der Waals surface area contributed by atoms with Crippen molar-refractivity contribution >= 4 is 21.6 Å². The average Bonchev–Trinajstić information content (AvgIpc) is 2.91. The van der Waals surface area contributed by atoms with Crippen molar-refractivity contribution in [1.29, 1.82) is 0 Å². The molecule has 0 amide bonds. The third-order valence-electron chi connectivity index (χ3n) is 3.14. The standard InChI is InChI=1S/C14H11BrFN5/c1-8-4-2-6-10(16)13(8)21-14(18-19-20-21)9-5-3-7-11(17)12(9)15/h2-7H,17H2,1H3. The number of nitrogens with zero attached hydrogens (tertiary/aromatic N) is 4. The van der Waals surface area contributed by atoms with Crippen LogP contribution in [-0.2, 0) is 0 Å². The molecule has 0 atom stereocenters. The number of hydrogen-bond donors (Lipinski definition) is 1. The van der Waals surface area contributed by atoms with E-state index in [1.807, 2.05) is 6.07 Å². The Labute approximate surface area is 128 Å². The molecule has 0 spiro atoms. The Kier molecular flexibility index (Phi) is 3.42. The molecule has 1 aromatic heterocycles. The second-order valence-electron chi connectivity index (χ2n) is 4.53. The maximum atomic E-state index is 14.1. The molecule has 3 aromatic rings. The summed E-state index contributed by atoms with van der Waals surface area (Å²) < 4.78 is 16.2. The Morgan fingerprint density at radius 2 is 1.95 bits per heavy atom. The van der Waals surface area contributed by atoms with E-state index in [-0.39, 0.29) is 5.82 Å². The van der Waals surface area contributed by atoms with Crippen molar-refractivity contribution in [1.82, 2.24) is 20.2 Å². The van der Waals surface area contributed by atoms with E-state index in [2.05, 4.69) is 31.5 Å². The fourth-order valence-corrected chi connectivity index (χ4v) is 2.56. The molecule has 0 fully saturated rings. The Balaban J connectivity index is 2.25. The molecule has 106 valence electrons. The van der Waals surface area contributed by atoms with Gasteiger partial charge in [0.2, 0.25) is 0 Å². The maximum Gasteiger partial charge on any atom is 0.188 e. The van der Waals surface area contributed by atoms with Gasteiger partial charge >= 0.3 is 0 Å². The van der Waals surface area contributed by atoms with Crippen LogP contribution in [0, 0.1) is 12.7 Å². The summed E-state index contributed by atoms with van der Waals surface area (Å²) in [5.74, 6) is 0.0333. The van der Waals surface area contributed by atoms with Crippen LogP contribution in [0.4, 0.5) is 10.1 Å². The van der Waals surface area contributed by atoms with Gasteiger partial charge < -0.3 is 5.73 Å². The van der Waals surface area contributed by atoms with Gasteiger partial charge in [0.1, 0.15) is 11.5 Å². The number of hydrogen-bond acceptors (Lipinski definition) is 4. The zero-order chi connectivity index (χ0) is 15.0. The smallest absolute Gasteiger partial charge is 0.188 e. The van der Waals surface area contributed by atoms with Crippen molar-refractivity contribution in [3.63, 3.8) is 0 Å². The number of nitrogen functional groups attached to an aromatic ring is 1. The van der Waals surface area contributed by atoms with Gasteiger partial charge in [-0.05, 0) is 57.0 Å². The maximum absolute atomic E-state index is 14.1. The number of aryl methyl sites for hydroxylation is 1. The number of benzene rings is 2. The first-order chi connectivity index (χ1) is 10.1. The molecule has 21 heavy (non-hydrogen) atoms. The van der Waals surface area contributed by atoms with Gasteiger partial charge in [-0.3, -0.25) is 0 Å². The minimum atomic E-state index is -0.386. The van der Waals surface area contributed by atoms with Crippen molar-refractivity contribution < 1.29 is 4.39 Å². The average molecular weight is 348 g/mol. The van der Waals surface area contributed by atoms with E-state index in [4.69, 9.17) is 5.73 Å². The highest BCUT2D eigenvalue weighted by Crippen LogP contribution is 2.32. The highest BCUT2D eigenvalue weighted by Gasteiger charge is 2.18. The van der Waals surface area contributed by atoms with Crippen LogP contribution in [0.1, 0.15) is 5.56 Å². The predicted molar refractivity (Wildman–Crippen MR) is 81.4 cm³/mol. The molecule has 0 aliphatic carbocycles. The molecule has 0 saturated heterocycles. The van der Waals surface area contributed by atoms with Gasteiger partial charge in [0.25, 0.3) is 0 Å². The summed E-state index contributed by atoms with van der Waals surface area (Å²) in [6.07, 6.45) is 0. The topological polar surface area (TPSA) is 69.6 Å². The van der Waals surface area contributed by atoms with Crippen molar-refractivity contribution in [2.45, 2.75) is 6.92 Å². The number of halogens is 2. The Hall–Kier alpha value is -2.28. The first-order valence-electron chi connectivity index (χ1n) is 6.18. The fraction of sp³-hybridized carbons (Fsp3) is 0.0714. The minimum Gasteiger partial charge on any atom is -0.398 e. The monoisotopic (exact) mass is 347 g/mol. The molecule has 0 unspecified atom stereocenters. The van der Waals surface area contributed by atoms with Crippen molar-refractivity contribution in [2.75, 3.05) is 5.73 Å². The van der Waals surface area contributed by atoms with Crippen LogP contribution in [0.25, 0.3) is 17.1 Å². The lowest BCUT2D eigenvalue weighted by Gasteiger charge is -2.10. The molecule has 2 aromatic carbocycles. The van der Waals surface area contributed by atoms with Crippen LogP contribution in [-0.4, -0.2) is 20.2 Å². The molecule has 0 aliphatic rings. The summed E-state index contributed by atoms with van der Waals surface area (Å²) >= 11 is 3.42. The highest BCUT2D eigenvalue weighted by atomic mass is 79.9. The Bertz CT molecular complexity index is 795. The van der Waals surface area contributed by atoms with Gasteiger partial charge in [0.15, 0.2) is 5.82 Å². The second kappa shape index (κ2) is 5.25. The summed E-state index contributed by atoms with van der Waals surface area (Å²) in [7, 11) is 0. The van der Waals surface area contributed by atoms with E-state index in [1.54, 1.807) is 31.2 Å². The lowest BCUT2D eigenvalue weighted by molar-refractivity contribution is 0.606. The molecule has 0 aliphatic heterocycles. The van der Waals surface area contributed by atoms with Crippen LogP contribution in [0.3, 0.4) is 0 Å². The number of rotatable bonds is 2. The fourth-order valence-electron chi connectivity index (χ4n) is 2.12. The van der Waals surface area contributed by atoms with E-state index in [0.29, 0.717) is 27.2 Å². The molecule has 1 heterocycles. The highest BCUT2D eigenvalue weighted by molar-refractivity contribution is 9.10.